The molecule has 1 aliphatic rings. The van der Waals surface area contributed by atoms with Gasteiger partial charge in [0.1, 0.15) is 0 Å². The Hall–Kier alpha value is -3.13. The highest BCUT2D eigenvalue weighted by Crippen LogP contribution is 2.35. The summed E-state index contributed by atoms with van der Waals surface area (Å²) in [6.07, 6.45) is 0.156. The number of methoxy groups -OCH3 is 2. The van der Waals surface area contributed by atoms with Gasteiger partial charge in [-0.3, -0.25) is 9.59 Å². The normalized spacial score (nSPS) is 16.2. The quantitative estimate of drug-likeness (QED) is 0.670. The Bertz CT molecular complexity index is 1140. The number of ether oxygens (including phenoxy) is 2. The molecule has 1 atom stereocenters. The van der Waals surface area contributed by atoms with Gasteiger partial charge in [0.25, 0.3) is 0 Å². The molecule has 1 fully saturated rings. The van der Waals surface area contributed by atoms with E-state index in [0.717, 1.165) is 21.3 Å². The molecule has 0 spiro atoms. The van der Waals surface area contributed by atoms with Gasteiger partial charge in [-0.25, -0.2) is 4.98 Å². The van der Waals surface area contributed by atoms with Crippen molar-refractivity contribution in [2.75, 3.05) is 31.0 Å². The smallest absolute Gasteiger partial charge is 0.231 e. The third kappa shape index (κ3) is 3.70. The second kappa shape index (κ2) is 7.95. The molecule has 4 rings (SSSR count). The fourth-order valence-corrected chi connectivity index (χ4v) is 4.80. The van der Waals surface area contributed by atoms with Crippen LogP contribution in [-0.2, 0) is 9.59 Å². The van der Waals surface area contributed by atoms with Gasteiger partial charge in [0.15, 0.2) is 16.6 Å². The van der Waals surface area contributed by atoms with Crippen LogP contribution in [0.25, 0.3) is 10.2 Å². The SMILES string of the molecule is COc1ccc(N2CC(C(=O)Nc3nc4c(C)cc(C)cc4s3)CC2=O)cc1OC. The Morgan fingerprint density at radius 2 is 1.93 bits per heavy atom. The molecule has 0 saturated carbocycles. The van der Waals surface area contributed by atoms with Gasteiger partial charge in [0.2, 0.25) is 11.8 Å². The fourth-order valence-electron chi connectivity index (χ4n) is 3.76. The summed E-state index contributed by atoms with van der Waals surface area (Å²) in [7, 11) is 3.11. The van der Waals surface area contributed by atoms with Crippen LogP contribution in [0.15, 0.2) is 30.3 Å². The first kappa shape index (κ1) is 20.2. The van der Waals surface area contributed by atoms with E-state index in [1.54, 1.807) is 37.3 Å². The lowest BCUT2D eigenvalue weighted by molar-refractivity contribution is -0.122. The van der Waals surface area contributed by atoms with Crippen molar-refractivity contribution in [1.82, 2.24) is 4.98 Å². The van der Waals surface area contributed by atoms with Crippen LogP contribution in [0.4, 0.5) is 10.8 Å². The Labute approximate surface area is 178 Å². The number of aryl methyl sites for hydroxylation is 2. The zero-order valence-corrected chi connectivity index (χ0v) is 18.1. The topological polar surface area (TPSA) is 80.8 Å². The number of anilines is 2. The van der Waals surface area contributed by atoms with Gasteiger partial charge in [0, 0.05) is 24.7 Å². The molecule has 0 bridgehead atoms. The molecule has 1 aliphatic heterocycles. The summed E-state index contributed by atoms with van der Waals surface area (Å²) in [5.41, 5.74) is 3.82. The Morgan fingerprint density at radius 3 is 2.67 bits per heavy atom. The molecule has 1 aromatic heterocycles. The van der Waals surface area contributed by atoms with E-state index < -0.39 is 5.92 Å². The van der Waals surface area contributed by atoms with Crippen LogP contribution >= 0.6 is 11.3 Å². The number of nitrogens with one attached hydrogen (secondary N) is 1. The Balaban J connectivity index is 1.50. The molecule has 2 aromatic carbocycles. The van der Waals surface area contributed by atoms with E-state index in [9.17, 15) is 9.59 Å². The number of hydrogen-bond donors (Lipinski definition) is 1. The number of amides is 2. The van der Waals surface area contributed by atoms with Gasteiger partial charge < -0.3 is 19.7 Å². The largest absolute Gasteiger partial charge is 0.493 e. The van der Waals surface area contributed by atoms with E-state index in [0.29, 0.717) is 28.9 Å². The van der Waals surface area contributed by atoms with Crippen LogP contribution in [0.5, 0.6) is 11.5 Å². The van der Waals surface area contributed by atoms with Crippen molar-refractivity contribution in [3.63, 3.8) is 0 Å². The minimum Gasteiger partial charge on any atom is -0.493 e. The van der Waals surface area contributed by atoms with Gasteiger partial charge in [-0.15, -0.1) is 0 Å². The molecular weight excluding hydrogens is 402 g/mol. The van der Waals surface area contributed by atoms with E-state index in [2.05, 4.69) is 22.4 Å². The third-order valence-electron chi connectivity index (χ3n) is 5.23. The zero-order valence-electron chi connectivity index (χ0n) is 17.3. The van der Waals surface area contributed by atoms with Crippen molar-refractivity contribution in [2.45, 2.75) is 20.3 Å². The highest BCUT2D eigenvalue weighted by Gasteiger charge is 2.35. The number of fused-ring (bicyclic) bond motifs is 1. The van der Waals surface area contributed by atoms with Crippen molar-refractivity contribution in [1.29, 1.82) is 0 Å². The number of carbonyl (C=O) groups excluding carboxylic acids is 2. The lowest BCUT2D eigenvalue weighted by Crippen LogP contribution is -2.28. The van der Waals surface area contributed by atoms with Gasteiger partial charge >= 0.3 is 0 Å². The molecule has 0 radical (unpaired) electrons. The second-order valence-electron chi connectivity index (χ2n) is 7.38. The third-order valence-corrected chi connectivity index (χ3v) is 6.15. The molecule has 3 aromatic rings. The van der Waals surface area contributed by atoms with E-state index in [4.69, 9.17) is 9.47 Å². The summed E-state index contributed by atoms with van der Waals surface area (Å²) >= 11 is 1.45. The number of aromatic nitrogens is 1. The van der Waals surface area contributed by atoms with Gasteiger partial charge in [-0.1, -0.05) is 17.4 Å². The van der Waals surface area contributed by atoms with E-state index >= 15 is 0 Å². The number of benzene rings is 2. The van der Waals surface area contributed by atoms with Crippen molar-refractivity contribution >= 4 is 44.2 Å². The summed E-state index contributed by atoms with van der Waals surface area (Å²) in [6.45, 7) is 4.36. The Morgan fingerprint density at radius 1 is 1.17 bits per heavy atom. The predicted octanol–water partition coefficient (Wildman–Crippen LogP) is 3.92. The van der Waals surface area contributed by atoms with Crippen LogP contribution in [0.1, 0.15) is 17.5 Å². The molecular formula is C22H23N3O4S. The lowest BCUT2D eigenvalue weighted by atomic mass is 10.1. The number of nitrogens with zero attached hydrogens (tertiary/aromatic N) is 2. The standard InChI is InChI=1S/C22H23N3O4S/c1-12-7-13(2)20-18(8-12)30-22(23-20)24-21(27)14-9-19(26)25(11-14)15-5-6-16(28-3)17(10-15)29-4/h5-8,10,14H,9,11H2,1-4H3,(H,23,24,27). The number of rotatable bonds is 5. The maximum absolute atomic E-state index is 12.8. The van der Waals surface area contributed by atoms with Crippen LogP contribution in [-0.4, -0.2) is 37.6 Å². The average Bonchev–Trinajstić information content (AvgIpc) is 3.30. The molecule has 2 heterocycles. The maximum atomic E-state index is 12.8. The monoisotopic (exact) mass is 425 g/mol. The maximum Gasteiger partial charge on any atom is 0.231 e. The van der Waals surface area contributed by atoms with Crippen LogP contribution in [0, 0.1) is 19.8 Å². The minimum atomic E-state index is -0.444. The van der Waals surface area contributed by atoms with Crippen molar-refractivity contribution in [3.8, 4) is 11.5 Å². The number of hydrogen-bond acceptors (Lipinski definition) is 6. The lowest BCUT2D eigenvalue weighted by Gasteiger charge is -2.18. The molecule has 1 N–H and O–H groups in total. The molecule has 8 heteroatoms. The molecule has 7 nitrogen and oxygen atoms in total. The summed E-state index contributed by atoms with van der Waals surface area (Å²) in [5, 5.41) is 3.45. The number of carbonyl (C=O) groups is 2. The molecule has 1 saturated heterocycles. The Kier molecular flexibility index (Phi) is 5.34. The first-order valence-corrected chi connectivity index (χ1v) is 10.4. The van der Waals surface area contributed by atoms with E-state index in [-0.39, 0.29) is 18.2 Å². The van der Waals surface area contributed by atoms with Crippen molar-refractivity contribution < 1.29 is 19.1 Å². The molecule has 156 valence electrons. The van der Waals surface area contributed by atoms with Crippen LogP contribution in [0.3, 0.4) is 0 Å². The van der Waals surface area contributed by atoms with Crippen LogP contribution < -0.4 is 19.7 Å². The molecule has 1 unspecified atom stereocenters. The average molecular weight is 426 g/mol. The fraction of sp³-hybridized carbons (Fsp3) is 0.318. The molecule has 0 aliphatic carbocycles. The van der Waals surface area contributed by atoms with Gasteiger partial charge in [0.05, 0.1) is 30.4 Å². The van der Waals surface area contributed by atoms with Gasteiger partial charge in [-0.05, 0) is 43.2 Å². The molecule has 30 heavy (non-hydrogen) atoms. The van der Waals surface area contributed by atoms with E-state index in [1.807, 2.05) is 13.8 Å². The van der Waals surface area contributed by atoms with E-state index in [1.165, 1.54) is 11.3 Å². The first-order chi connectivity index (χ1) is 14.4. The van der Waals surface area contributed by atoms with Crippen molar-refractivity contribution in [3.05, 3.63) is 41.5 Å². The second-order valence-corrected chi connectivity index (χ2v) is 8.41. The summed E-state index contributed by atoms with van der Waals surface area (Å²) < 4.78 is 11.6. The highest BCUT2D eigenvalue weighted by molar-refractivity contribution is 7.22. The number of thiazole rings is 1. The van der Waals surface area contributed by atoms with Crippen LogP contribution in [0.2, 0.25) is 0 Å². The zero-order chi connectivity index (χ0) is 21.4. The summed E-state index contributed by atoms with van der Waals surface area (Å²) in [6, 6.07) is 9.42. The van der Waals surface area contributed by atoms with Gasteiger partial charge in [-0.2, -0.15) is 0 Å². The predicted molar refractivity (Wildman–Crippen MR) is 118 cm³/mol. The first-order valence-electron chi connectivity index (χ1n) is 9.60. The summed E-state index contributed by atoms with van der Waals surface area (Å²) in [4.78, 5) is 31.6. The van der Waals surface area contributed by atoms with Crippen molar-refractivity contribution in [2.24, 2.45) is 5.92 Å². The summed E-state index contributed by atoms with van der Waals surface area (Å²) in [5.74, 6) is 0.387. The molecule has 2 amide bonds. The highest BCUT2D eigenvalue weighted by atomic mass is 32.1. The minimum absolute atomic E-state index is 0.0989.